The van der Waals surface area contributed by atoms with E-state index >= 15 is 0 Å². The fraction of sp³-hybridized carbons (Fsp3) is 0.632. The topological polar surface area (TPSA) is 47.8 Å². The zero-order valence-electron chi connectivity index (χ0n) is 14.4. The SMILES string of the molecule is CCO[C@@H]1C[C@H](NCCc2cn3ccccc3n2)C12CCOCC2. The minimum absolute atomic E-state index is 0.285. The van der Waals surface area contributed by atoms with Gasteiger partial charge in [-0.25, -0.2) is 4.98 Å². The van der Waals surface area contributed by atoms with Gasteiger partial charge in [0.1, 0.15) is 5.65 Å². The summed E-state index contributed by atoms with van der Waals surface area (Å²) < 4.78 is 13.7. The predicted molar refractivity (Wildman–Crippen MR) is 93.2 cm³/mol. The third-order valence-corrected chi connectivity index (χ3v) is 5.76. The number of pyridine rings is 1. The molecule has 0 aromatic carbocycles. The molecule has 0 amide bonds. The third-order valence-electron chi connectivity index (χ3n) is 5.76. The van der Waals surface area contributed by atoms with Crippen LogP contribution in [0.4, 0.5) is 0 Å². The number of ether oxygens (including phenoxy) is 2. The van der Waals surface area contributed by atoms with Gasteiger partial charge >= 0.3 is 0 Å². The average molecular weight is 329 g/mol. The zero-order valence-corrected chi connectivity index (χ0v) is 14.4. The molecule has 0 bridgehead atoms. The zero-order chi connectivity index (χ0) is 16.4. The number of hydrogen-bond donors (Lipinski definition) is 1. The maximum Gasteiger partial charge on any atom is 0.136 e. The number of fused-ring (bicyclic) bond motifs is 1. The van der Waals surface area contributed by atoms with E-state index in [0.29, 0.717) is 12.1 Å². The molecule has 2 fully saturated rings. The summed E-state index contributed by atoms with van der Waals surface area (Å²) in [4.78, 5) is 4.68. The molecule has 2 aliphatic rings. The molecule has 1 saturated heterocycles. The first kappa shape index (κ1) is 16.1. The summed E-state index contributed by atoms with van der Waals surface area (Å²) in [6, 6.07) is 6.66. The summed E-state index contributed by atoms with van der Waals surface area (Å²) in [6.07, 6.45) is 8.90. The molecule has 1 aliphatic carbocycles. The van der Waals surface area contributed by atoms with Gasteiger partial charge in [-0.15, -0.1) is 0 Å². The van der Waals surface area contributed by atoms with E-state index in [2.05, 4.69) is 34.0 Å². The van der Waals surface area contributed by atoms with E-state index in [0.717, 1.165) is 63.4 Å². The molecule has 5 nitrogen and oxygen atoms in total. The normalized spacial score (nSPS) is 25.9. The Kier molecular flexibility index (Phi) is 4.57. The Morgan fingerprint density at radius 3 is 3.04 bits per heavy atom. The first-order chi connectivity index (χ1) is 11.8. The fourth-order valence-corrected chi connectivity index (χ4v) is 4.37. The van der Waals surface area contributed by atoms with Crippen molar-refractivity contribution in [2.75, 3.05) is 26.4 Å². The summed E-state index contributed by atoms with van der Waals surface area (Å²) in [7, 11) is 0. The molecule has 5 heteroatoms. The van der Waals surface area contributed by atoms with E-state index in [1.807, 2.05) is 18.2 Å². The molecular formula is C19H27N3O2. The minimum Gasteiger partial charge on any atom is -0.381 e. The lowest BCUT2D eigenvalue weighted by Gasteiger charge is -2.57. The van der Waals surface area contributed by atoms with Crippen molar-refractivity contribution in [3.8, 4) is 0 Å². The Morgan fingerprint density at radius 1 is 1.38 bits per heavy atom. The van der Waals surface area contributed by atoms with Crippen molar-refractivity contribution in [1.82, 2.24) is 14.7 Å². The maximum atomic E-state index is 5.99. The lowest BCUT2D eigenvalue weighted by atomic mass is 9.57. The second-order valence-corrected chi connectivity index (χ2v) is 6.98. The van der Waals surface area contributed by atoms with Crippen LogP contribution in [0.1, 0.15) is 31.9 Å². The molecule has 1 spiro atoms. The lowest BCUT2D eigenvalue weighted by Crippen LogP contribution is -2.65. The van der Waals surface area contributed by atoms with Crippen molar-refractivity contribution < 1.29 is 9.47 Å². The number of nitrogens with one attached hydrogen (secondary N) is 1. The highest BCUT2D eigenvalue weighted by molar-refractivity contribution is 5.39. The van der Waals surface area contributed by atoms with Gasteiger partial charge in [-0.05, 0) is 38.3 Å². The van der Waals surface area contributed by atoms with Gasteiger partial charge in [0.15, 0.2) is 0 Å². The largest absolute Gasteiger partial charge is 0.381 e. The van der Waals surface area contributed by atoms with E-state index in [1.54, 1.807) is 0 Å². The van der Waals surface area contributed by atoms with Crippen LogP contribution in [-0.4, -0.2) is 47.9 Å². The number of imidazole rings is 1. The highest BCUT2D eigenvalue weighted by atomic mass is 16.5. The first-order valence-corrected chi connectivity index (χ1v) is 9.17. The van der Waals surface area contributed by atoms with Gasteiger partial charge < -0.3 is 19.2 Å². The van der Waals surface area contributed by atoms with Crippen molar-refractivity contribution >= 4 is 5.65 Å². The molecule has 3 heterocycles. The van der Waals surface area contributed by atoms with Crippen LogP contribution in [0.5, 0.6) is 0 Å². The molecular weight excluding hydrogens is 302 g/mol. The highest BCUT2D eigenvalue weighted by Crippen LogP contribution is 2.50. The Bertz CT molecular complexity index is 645. The van der Waals surface area contributed by atoms with Gasteiger partial charge in [-0.2, -0.15) is 0 Å². The van der Waals surface area contributed by atoms with E-state index in [-0.39, 0.29) is 5.41 Å². The highest BCUT2D eigenvalue weighted by Gasteiger charge is 2.55. The maximum absolute atomic E-state index is 5.99. The Balaban J connectivity index is 1.35. The molecule has 1 saturated carbocycles. The molecule has 4 rings (SSSR count). The summed E-state index contributed by atoms with van der Waals surface area (Å²) in [5.74, 6) is 0. The Hall–Kier alpha value is -1.43. The lowest BCUT2D eigenvalue weighted by molar-refractivity contribution is -0.172. The van der Waals surface area contributed by atoms with Crippen LogP contribution in [0, 0.1) is 5.41 Å². The quantitative estimate of drug-likeness (QED) is 0.884. The van der Waals surface area contributed by atoms with Crippen molar-refractivity contribution in [3.05, 3.63) is 36.3 Å². The van der Waals surface area contributed by atoms with Crippen molar-refractivity contribution in [3.63, 3.8) is 0 Å². The number of aromatic nitrogens is 2. The van der Waals surface area contributed by atoms with Crippen LogP contribution >= 0.6 is 0 Å². The van der Waals surface area contributed by atoms with E-state index in [9.17, 15) is 0 Å². The van der Waals surface area contributed by atoms with Crippen molar-refractivity contribution in [1.29, 1.82) is 0 Å². The fourth-order valence-electron chi connectivity index (χ4n) is 4.37. The second kappa shape index (κ2) is 6.82. The monoisotopic (exact) mass is 329 g/mol. The van der Waals surface area contributed by atoms with E-state index < -0.39 is 0 Å². The van der Waals surface area contributed by atoms with Gasteiger partial charge in [0.05, 0.1) is 11.8 Å². The smallest absolute Gasteiger partial charge is 0.136 e. The predicted octanol–water partition coefficient (Wildman–Crippen LogP) is 2.44. The average Bonchev–Trinajstić information content (AvgIpc) is 3.04. The molecule has 24 heavy (non-hydrogen) atoms. The summed E-state index contributed by atoms with van der Waals surface area (Å²) in [6.45, 7) is 5.61. The van der Waals surface area contributed by atoms with Crippen LogP contribution in [-0.2, 0) is 15.9 Å². The van der Waals surface area contributed by atoms with Gasteiger partial charge in [0.2, 0.25) is 0 Å². The first-order valence-electron chi connectivity index (χ1n) is 9.17. The summed E-state index contributed by atoms with van der Waals surface area (Å²) >= 11 is 0. The molecule has 130 valence electrons. The van der Waals surface area contributed by atoms with Gasteiger partial charge in [-0.1, -0.05) is 6.07 Å². The number of hydrogen-bond acceptors (Lipinski definition) is 4. The van der Waals surface area contributed by atoms with E-state index in [1.165, 1.54) is 0 Å². The number of rotatable bonds is 6. The van der Waals surface area contributed by atoms with Crippen LogP contribution < -0.4 is 5.32 Å². The third kappa shape index (κ3) is 2.85. The molecule has 1 N–H and O–H groups in total. The summed E-state index contributed by atoms with van der Waals surface area (Å²) in [5, 5.41) is 3.78. The molecule has 2 atom stereocenters. The van der Waals surface area contributed by atoms with Crippen molar-refractivity contribution in [2.45, 2.75) is 44.8 Å². The van der Waals surface area contributed by atoms with Crippen LogP contribution in [0.15, 0.2) is 30.6 Å². The van der Waals surface area contributed by atoms with Crippen molar-refractivity contribution in [2.24, 2.45) is 5.41 Å². The van der Waals surface area contributed by atoms with Crippen LogP contribution in [0.3, 0.4) is 0 Å². The Morgan fingerprint density at radius 2 is 2.25 bits per heavy atom. The molecule has 0 unspecified atom stereocenters. The minimum atomic E-state index is 0.285. The second-order valence-electron chi connectivity index (χ2n) is 6.98. The number of nitrogens with zero attached hydrogens (tertiary/aromatic N) is 2. The summed E-state index contributed by atoms with van der Waals surface area (Å²) in [5.41, 5.74) is 2.46. The van der Waals surface area contributed by atoms with Gasteiger partial charge in [0, 0.05) is 56.6 Å². The molecule has 1 aliphatic heterocycles. The molecule has 2 aromatic heterocycles. The molecule has 2 aromatic rings. The van der Waals surface area contributed by atoms with Crippen LogP contribution in [0.2, 0.25) is 0 Å². The Labute approximate surface area is 143 Å². The van der Waals surface area contributed by atoms with E-state index in [4.69, 9.17) is 9.47 Å². The molecule has 0 radical (unpaired) electrons. The van der Waals surface area contributed by atoms with Gasteiger partial charge in [0.25, 0.3) is 0 Å². The standard InChI is InChI=1S/C19H27N3O2/c1-2-24-17-13-16(19(17)7-11-23-12-8-19)20-9-6-15-14-22-10-4-3-5-18(22)21-15/h3-5,10,14,16-17,20H,2,6-9,11-13H2,1H3/t16-,17+/m0/s1. The van der Waals surface area contributed by atoms with Gasteiger partial charge in [-0.3, -0.25) is 0 Å². The van der Waals surface area contributed by atoms with Crippen LogP contribution in [0.25, 0.3) is 5.65 Å².